The summed E-state index contributed by atoms with van der Waals surface area (Å²) >= 11 is 1.16. The summed E-state index contributed by atoms with van der Waals surface area (Å²) in [5.74, 6) is -0.171. The molecule has 8 heteroatoms. The summed E-state index contributed by atoms with van der Waals surface area (Å²) in [5, 5.41) is 6.89. The van der Waals surface area contributed by atoms with Gasteiger partial charge in [-0.15, -0.1) is 0 Å². The maximum Gasteiger partial charge on any atom is 0.256 e. The summed E-state index contributed by atoms with van der Waals surface area (Å²) in [6.07, 6.45) is 5.32. The fraction of sp³-hybridized carbons (Fsp3) is 0.350. The van der Waals surface area contributed by atoms with Gasteiger partial charge in [0.1, 0.15) is 0 Å². The van der Waals surface area contributed by atoms with E-state index in [9.17, 15) is 9.59 Å². The molecule has 144 valence electrons. The molecule has 1 unspecified atom stereocenters. The van der Waals surface area contributed by atoms with Crippen molar-refractivity contribution in [3.63, 3.8) is 0 Å². The lowest BCUT2D eigenvalue weighted by atomic mass is 9.86. The van der Waals surface area contributed by atoms with Gasteiger partial charge in [0.05, 0.1) is 23.4 Å². The Labute approximate surface area is 166 Å². The second-order valence-corrected chi connectivity index (χ2v) is 7.85. The zero-order chi connectivity index (χ0) is 19.5. The standard InChI is InChI=1S/C20H20N4O3S/c1-12-6-8-13(9-7-12)15-10-21-27-19(15)23-17(25)11-28-20-22-16-5-3-2-4-14(16)18(26)24-20/h6-10,14H,2-5,11H2,1H3,(H,23,25). The molecule has 1 aliphatic heterocycles. The van der Waals surface area contributed by atoms with Gasteiger partial charge in [0.25, 0.3) is 5.91 Å². The average Bonchev–Trinajstić information content (AvgIpc) is 3.15. The first-order valence-corrected chi connectivity index (χ1v) is 10.2. The van der Waals surface area contributed by atoms with Crippen LogP contribution in [0.25, 0.3) is 11.1 Å². The highest BCUT2D eigenvalue weighted by Gasteiger charge is 2.31. The number of aryl methyl sites for hydroxylation is 1. The molecule has 0 spiro atoms. The molecular formula is C20H20N4O3S. The Balaban J connectivity index is 1.38. The zero-order valence-corrected chi connectivity index (χ0v) is 16.3. The molecule has 7 nitrogen and oxygen atoms in total. The molecule has 1 atom stereocenters. The largest absolute Gasteiger partial charge is 0.338 e. The van der Waals surface area contributed by atoms with E-state index in [1.807, 2.05) is 31.2 Å². The van der Waals surface area contributed by atoms with Crippen molar-refractivity contribution in [1.29, 1.82) is 0 Å². The van der Waals surface area contributed by atoms with Gasteiger partial charge < -0.3 is 4.52 Å². The van der Waals surface area contributed by atoms with Gasteiger partial charge in [-0.2, -0.15) is 4.99 Å². The molecule has 1 aliphatic carbocycles. The van der Waals surface area contributed by atoms with Gasteiger partial charge in [0.15, 0.2) is 5.17 Å². The minimum absolute atomic E-state index is 0.0849. The fourth-order valence-electron chi connectivity index (χ4n) is 3.34. The van der Waals surface area contributed by atoms with Crippen LogP contribution in [0.5, 0.6) is 0 Å². The summed E-state index contributed by atoms with van der Waals surface area (Å²) in [6.45, 7) is 2.01. The Bertz CT molecular complexity index is 962. The second kappa shape index (κ2) is 8.10. The van der Waals surface area contributed by atoms with E-state index in [-0.39, 0.29) is 23.5 Å². The number of carbonyl (C=O) groups is 2. The number of aliphatic imine (C=N–C) groups is 2. The minimum atomic E-state index is -0.267. The van der Waals surface area contributed by atoms with Gasteiger partial charge in [-0.05, 0) is 31.7 Å². The van der Waals surface area contributed by atoms with Crippen molar-refractivity contribution in [2.45, 2.75) is 32.6 Å². The van der Waals surface area contributed by atoms with Crippen molar-refractivity contribution in [2.24, 2.45) is 15.9 Å². The number of aromatic nitrogens is 1. The molecule has 4 rings (SSSR count). The predicted molar refractivity (Wildman–Crippen MR) is 110 cm³/mol. The molecule has 0 bridgehead atoms. The molecule has 2 aliphatic rings. The number of amides is 2. The molecule has 1 saturated carbocycles. The van der Waals surface area contributed by atoms with Crippen LogP contribution in [0.15, 0.2) is 45.0 Å². The Kier molecular flexibility index (Phi) is 5.38. The third-order valence-electron chi connectivity index (χ3n) is 4.84. The van der Waals surface area contributed by atoms with E-state index in [2.05, 4.69) is 20.5 Å². The normalized spacial score (nSPS) is 18.9. The second-order valence-electron chi connectivity index (χ2n) is 6.91. The number of fused-ring (bicyclic) bond motifs is 1. The number of anilines is 1. The van der Waals surface area contributed by atoms with Crippen molar-refractivity contribution in [3.8, 4) is 11.1 Å². The number of benzene rings is 1. The molecule has 2 heterocycles. The van der Waals surface area contributed by atoms with Crippen LogP contribution in [0.4, 0.5) is 5.88 Å². The number of carbonyl (C=O) groups excluding carboxylic acids is 2. The minimum Gasteiger partial charge on any atom is -0.338 e. The van der Waals surface area contributed by atoms with Gasteiger partial charge >= 0.3 is 0 Å². The van der Waals surface area contributed by atoms with Crippen LogP contribution >= 0.6 is 11.8 Å². The Morgan fingerprint density at radius 2 is 2.07 bits per heavy atom. The average molecular weight is 396 g/mol. The fourth-order valence-corrected chi connectivity index (χ4v) is 4.01. The summed E-state index contributed by atoms with van der Waals surface area (Å²) in [4.78, 5) is 33.0. The van der Waals surface area contributed by atoms with Crippen LogP contribution in [0.3, 0.4) is 0 Å². The van der Waals surface area contributed by atoms with E-state index in [1.165, 1.54) is 0 Å². The maximum atomic E-state index is 12.3. The van der Waals surface area contributed by atoms with E-state index in [0.717, 1.165) is 54.3 Å². The SMILES string of the molecule is Cc1ccc(-c2cnoc2NC(=O)CSC2=NC(=O)C3CCCCC3=N2)cc1. The number of thioether (sulfide) groups is 1. The highest BCUT2D eigenvalue weighted by Crippen LogP contribution is 2.29. The predicted octanol–water partition coefficient (Wildman–Crippen LogP) is 3.85. The first-order valence-electron chi connectivity index (χ1n) is 9.24. The quantitative estimate of drug-likeness (QED) is 0.847. The number of amidine groups is 1. The monoisotopic (exact) mass is 396 g/mol. The van der Waals surface area contributed by atoms with Crippen molar-refractivity contribution >= 4 is 40.3 Å². The molecule has 2 aromatic rings. The first kappa shape index (κ1) is 18.6. The van der Waals surface area contributed by atoms with Crippen molar-refractivity contribution in [1.82, 2.24) is 5.16 Å². The molecule has 2 amide bonds. The summed E-state index contributed by atoms with van der Waals surface area (Å²) < 4.78 is 5.20. The van der Waals surface area contributed by atoms with E-state index in [4.69, 9.17) is 4.52 Å². The third-order valence-corrected chi connectivity index (χ3v) is 5.69. The number of nitrogens with one attached hydrogen (secondary N) is 1. The van der Waals surface area contributed by atoms with Crippen LogP contribution in [-0.2, 0) is 9.59 Å². The molecule has 1 fully saturated rings. The number of hydrogen-bond acceptors (Lipinski definition) is 6. The van der Waals surface area contributed by atoms with Crippen molar-refractivity contribution in [2.75, 3.05) is 11.1 Å². The van der Waals surface area contributed by atoms with Crippen molar-refractivity contribution in [3.05, 3.63) is 36.0 Å². The Morgan fingerprint density at radius 1 is 1.25 bits per heavy atom. The number of nitrogens with zero attached hydrogens (tertiary/aromatic N) is 3. The Morgan fingerprint density at radius 3 is 2.89 bits per heavy atom. The summed E-state index contributed by atoms with van der Waals surface area (Å²) in [5.41, 5.74) is 3.68. The van der Waals surface area contributed by atoms with Gasteiger partial charge in [-0.3, -0.25) is 14.9 Å². The van der Waals surface area contributed by atoms with Gasteiger partial charge in [0, 0.05) is 5.71 Å². The first-order chi connectivity index (χ1) is 13.6. The summed E-state index contributed by atoms with van der Waals surface area (Å²) in [6, 6.07) is 7.87. The van der Waals surface area contributed by atoms with Gasteiger partial charge in [0.2, 0.25) is 11.8 Å². The lowest BCUT2D eigenvalue weighted by Gasteiger charge is -2.24. The molecule has 28 heavy (non-hydrogen) atoms. The van der Waals surface area contributed by atoms with E-state index in [0.29, 0.717) is 16.6 Å². The smallest absolute Gasteiger partial charge is 0.256 e. The van der Waals surface area contributed by atoms with Crippen molar-refractivity contribution < 1.29 is 14.1 Å². The van der Waals surface area contributed by atoms with Crippen LogP contribution in [0, 0.1) is 12.8 Å². The molecular weight excluding hydrogens is 376 g/mol. The van der Waals surface area contributed by atoms with Crippen LogP contribution in [-0.4, -0.2) is 33.6 Å². The number of hydrogen-bond donors (Lipinski definition) is 1. The molecule has 0 radical (unpaired) electrons. The number of rotatable bonds is 4. The van der Waals surface area contributed by atoms with E-state index < -0.39 is 0 Å². The molecule has 1 aromatic heterocycles. The third kappa shape index (κ3) is 4.06. The molecule has 0 saturated heterocycles. The lowest BCUT2D eigenvalue weighted by molar-refractivity contribution is -0.120. The van der Waals surface area contributed by atoms with Crippen LogP contribution in [0.1, 0.15) is 31.2 Å². The topological polar surface area (TPSA) is 96.9 Å². The van der Waals surface area contributed by atoms with E-state index >= 15 is 0 Å². The molecule has 1 N–H and O–H groups in total. The zero-order valence-electron chi connectivity index (χ0n) is 15.5. The highest BCUT2D eigenvalue weighted by atomic mass is 32.2. The van der Waals surface area contributed by atoms with Gasteiger partial charge in [-0.25, -0.2) is 4.99 Å². The van der Waals surface area contributed by atoms with E-state index in [1.54, 1.807) is 6.20 Å². The summed E-state index contributed by atoms with van der Waals surface area (Å²) in [7, 11) is 0. The van der Waals surface area contributed by atoms with Gasteiger partial charge in [-0.1, -0.05) is 53.2 Å². The van der Waals surface area contributed by atoms with Crippen LogP contribution in [0.2, 0.25) is 0 Å². The van der Waals surface area contributed by atoms with Crippen LogP contribution < -0.4 is 5.32 Å². The maximum absolute atomic E-state index is 12.3. The molecule has 1 aromatic carbocycles. The Hall–Kier alpha value is -2.74. The lowest BCUT2D eigenvalue weighted by Crippen LogP contribution is -2.30. The highest BCUT2D eigenvalue weighted by molar-refractivity contribution is 8.14.